The van der Waals surface area contributed by atoms with Gasteiger partial charge < -0.3 is 81.2 Å². The molecule has 29 heteroatoms. The van der Waals surface area contributed by atoms with Gasteiger partial charge in [-0.3, -0.25) is 53.1 Å². The number of guanidine groups is 2. The predicted molar refractivity (Wildman–Crippen MR) is 295 cm³/mol. The maximum Gasteiger partial charge on any atom is 0.244 e. The molecule has 27 nitrogen and oxygen atoms in total. The van der Waals surface area contributed by atoms with Gasteiger partial charge in [0.1, 0.15) is 48.3 Å². The van der Waals surface area contributed by atoms with Crippen molar-refractivity contribution < 1.29 is 43.2 Å². The van der Waals surface area contributed by atoms with E-state index in [9.17, 15) is 43.2 Å². The lowest BCUT2D eigenvalue weighted by Crippen LogP contribution is -2.61. The van der Waals surface area contributed by atoms with Crippen LogP contribution in [0.1, 0.15) is 56.4 Å². The number of aromatic nitrogens is 3. The highest BCUT2D eigenvalue weighted by molar-refractivity contribution is 8.76. The van der Waals surface area contributed by atoms with Crippen LogP contribution in [0.2, 0.25) is 0 Å². The molecule has 0 bridgehead atoms. The number of primary amides is 1. The van der Waals surface area contributed by atoms with Crippen molar-refractivity contribution in [3.8, 4) is 0 Å². The third-order valence-electron chi connectivity index (χ3n) is 12.1. The number of nitrogens with zero attached hydrogens (tertiary/aromatic N) is 3. The SMILES string of the molecule is CC(=O)N[C@@H](CCCN=C(N)N)C(=O)NC1CSSCC(C(N)=O)NC(=O)[C@H](Cc2c[nH]c3ccccc23)NC(=O)[C@H](CCCN=C(N)N)NC(=O)C(Cc2ccccc2)NC(=O)[C@H](Cc2cnc[nH]2)NC(=O)[C@@H](C)NC1=O. The van der Waals surface area contributed by atoms with Crippen molar-refractivity contribution in [1.29, 1.82) is 0 Å². The molecule has 1 fully saturated rings. The van der Waals surface area contributed by atoms with Crippen molar-refractivity contribution in [3.05, 3.63) is 90.1 Å². The van der Waals surface area contributed by atoms with Crippen molar-refractivity contribution in [3.63, 3.8) is 0 Å². The smallest absolute Gasteiger partial charge is 0.244 e. The van der Waals surface area contributed by atoms with E-state index >= 15 is 0 Å². The quantitative estimate of drug-likeness (QED) is 0.0202. The molecule has 2 aromatic carbocycles. The van der Waals surface area contributed by atoms with Crippen LogP contribution in [0.25, 0.3) is 10.9 Å². The van der Waals surface area contributed by atoms with Crippen LogP contribution in [0.15, 0.2) is 83.3 Å². The average Bonchev–Trinajstić information content (AvgIpc) is 4.10. The Hall–Kier alpha value is -8.34. The molecule has 2 aromatic heterocycles. The number of carbonyl (C=O) groups excluding carboxylic acids is 9. The van der Waals surface area contributed by atoms with Gasteiger partial charge in [0, 0.05) is 79.8 Å². The lowest BCUT2D eigenvalue weighted by atomic mass is 10.0. The Morgan fingerprint density at radius 2 is 1.27 bits per heavy atom. The average molecular weight is 1120 g/mol. The van der Waals surface area contributed by atoms with E-state index in [1.807, 2.05) is 18.2 Å². The second-order valence-corrected chi connectivity index (χ2v) is 20.8. The number of H-pyrrole nitrogens is 2. The molecule has 5 rings (SSSR count). The number of amides is 9. The van der Waals surface area contributed by atoms with Crippen LogP contribution >= 0.6 is 21.6 Å². The van der Waals surface area contributed by atoms with Crippen LogP contribution in [0.5, 0.6) is 0 Å². The zero-order valence-corrected chi connectivity index (χ0v) is 44.7. The highest BCUT2D eigenvalue weighted by atomic mass is 33.1. The molecule has 0 radical (unpaired) electrons. The van der Waals surface area contributed by atoms with Crippen molar-refractivity contribution in [1.82, 2.24) is 57.5 Å². The van der Waals surface area contributed by atoms with Crippen LogP contribution in [0.3, 0.4) is 0 Å². The van der Waals surface area contributed by atoms with E-state index in [2.05, 4.69) is 67.5 Å². The second kappa shape index (κ2) is 30.4. The molecule has 420 valence electrons. The first-order valence-electron chi connectivity index (χ1n) is 24.9. The van der Waals surface area contributed by atoms with Gasteiger partial charge in [-0.15, -0.1) is 0 Å². The summed E-state index contributed by atoms with van der Waals surface area (Å²) in [5.74, 6) is -7.96. The van der Waals surface area contributed by atoms with E-state index in [0.29, 0.717) is 16.8 Å². The van der Waals surface area contributed by atoms with Crippen LogP contribution < -0.4 is 71.2 Å². The molecule has 3 unspecified atom stereocenters. The number of hydrogen-bond donors (Lipinski definition) is 15. The molecule has 1 aliphatic rings. The number of imidazole rings is 1. The lowest BCUT2D eigenvalue weighted by Gasteiger charge is -2.27. The largest absolute Gasteiger partial charge is 0.370 e. The molecule has 8 atom stereocenters. The number of nitrogens with two attached hydrogens (primary N) is 5. The van der Waals surface area contributed by atoms with E-state index in [4.69, 9.17) is 28.7 Å². The van der Waals surface area contributed by atoms with Crippen LogP contribution in [0.4, 0.5) is 0 Å². The molecule has 1 saturated heterocycles. The number of carbonyl (C=O) groups is 9. The number of aromatic amines is 2. The fourth-order valence-corrected chi connectivity index (χ4v) is 10.4. The first kappa shape index (κ1) is 60.5. The van der Waals surface area contributed by atoms with Gasteiger partial charge >= 0.3 is 0 Å². The number of benzene rings is 2. The fourth-order valence-electron chi connectivity index (χ4n) is 8.05. The van der Waals surface area contributed by atoms with E-state index in [0.717, 1.165) is 32.5 Å². The van der Waals surface area contributed by atoms with E-state index in [1.165, 1.54) is 26.4 Å². The number of fused-ring (bicyclic) bond motifs is 1. The molecule has 3 heterocycles. The maximum atomic E-state index is 14.6. The Bertz CT molecular complexity index is 2770. The summed E-state index contributed by atoms with van der Waals surface area (Å²) >= 11 is 0. The van der Waals surface area contributed by atoms with Gasteiger partial charge in [0.05, 0.1) is 6.33 Å². The molecule has 0 spiro atoms. The van der Waals surface area contributed by atoms with Crippen LogP contribution in [-0.2, 0) is 62.4 Å². The molecule has 20 N–H and O–H groups in total. The molecular weight excluding hydrogens is 1050 g/mol. The van der Waals surface area contributed by atoms with Crippen molar-refractivity contribution in [2.24, 2.45) is 38.7 Å². The second-order valence-electron chi connectivity index (χ2n) is 18.3. The standard InChI is InChI=1S/C49H68N18O9S2/c1-26-41(70)63-37(20-30-22-55-25-59-30)46(75)64-35(18-28-10-4-3-5-11-28)44(73)62-34(15-9-17-57-49(53)54)43(72)65-36(19-29-21-58-32-13-7-6-12-31(29)32)45(74)66-38(40(50)69)23-77-78-24-39(47(76)60-26)67-42(71)33(61-27(2)68)14-8-16-56-48(51)52/h3-7,10-13,21-22,25-26,33-39,58H,8-9,14-20,23-24H2,1-2H3,(H2,50,69)(H,55,59)(H,60,76)(H,61,68)(H,62,73)(H,63,70)(H,64,75)(H,65,72)(H,66,74)(H,67,71)(H4,51,52,56)(H4,53,54,57)/t26-,33+,34+,35?,36+,37+,38?,39?/m1/s1. The third-order valence-corrected chi connectivity index (χ3v) is 14.5. The van der Waals surface area contributed by atoms with Gasteiger partial charge in [0.2, 0.25) is 53.2 Å². The Morgan fingerprint density at radius 1 is 0.679 bits per heavy atom. The van der Waals surface area contributed by atoms with Crippen molar-refractivity contribution in [2.45, 2.75) is 107 Å². The zero-order valence-electron chi connectivity index (χ0n) is 43.0. The fraction of sp³-hybridized carbons (Fsp3) is 0.429. The van der Waals surface area contributed by atoms with Crippen LogP contribution in [0, 0.1) is 0 Å². The normalized spacial score (nSPS) is 21.7. The van der Waals surface area contributed by atoms with Gasteiger partial charge in [-0.05, 0) is 49.8 Å². The summed E-state index contributed by atoms with van der Waals surface area (Å²) in [6, 6.07) is 5.16. The van der Waals surface area contributed by atoms with Gasteiger partial charge in [-0.1, -0.05) is 70.1 Å². The number of aliphatic imine (C=N–C) groups is 2. The summed E-state index contributed by atoms with van der Waals surface area (Å²) in [5, 5.41) is 22.1. The zero-order chi connectivity index (χ0) is 56.7. The molecule has 0 aliphatic carbocycles. The summed E-state index contributed by atoms with van der Waals surface area (Å²) in [5.41, 5.74) is 30.3. The van der Waals surface area contributed by atoms with E-state index in [-0.39, 0.29) is 81.5 Å². The molecule has 78 heavy (non-hydrogen) atoms. The summed E-state index contributed by atoms with van der Waals surface area (Å²) in [7, 11) is 2.02. The van der Waals surface area contributed by atoms with Gasteiger partial charge in [-0.2, -0.15) is 0 Å². The monoisotopic (exact) mass is 1120 g/mol. The Balaban J connectivity index is 1.55. The van der Waals surface area contributed by atoms with Crippen LogP contribution in [-0.4, -0.2) is 153 Å². The first-order chi connectivity index (χ1) is 37.3. The number of para-hydroxylation sites is 1. The molecule has 1 aliphatic heterocycles. The highest BCUT2D eigenvalue weighted by Crippen LogP contribution is 2.24. The summed E-state index contributed by atoms with van der Waals surface area (Å²) in [6.07, 6.45) is 4.53. The minimum atomic E-state index is -1.40. The summed E-state index contributed by atoms with van der Waals surface area (Å²) in [4.78, 5) is 144. The first-order valence-corrected chi connectivity index (χ1v) is 27.4. The lowest BCUT2D eigenvalue weighted by molar-refractivity contribution is -0.135. The minimum Gasteiger partial charge on any atom is -0.370 e. The van der Waals surface area contributed by atoms with Gasteiger partial charge in [-0.25, -0.2) is 4.98 Å². The number of rotatable bonds is 18. The molecular formula is C49H68N18O9S2. The van der Waals surface area contributed by atoms with Gasteiger partial charge in [0.25, 0.3) is 0 Å². The maximum absolute atomic E-state index is 14.6. The predicted octanol–water partition coefficient (Wildman–Crippen LogP) is -3.18. The van der Waals surface area contributed by atoms with E-state index in [1.54, 1.807) is 42.6 Å². The number of hydrogen-bond acceptors (Lipinski definition) is 14. The minimum absolute atomic E-state index is 0.0573. The van der Waals surface area contributed by atoms with E-state index < -0.39 is 101 Å². The Kier molecular flexibility index (Phi) is 23.6. The van der Waals surface area contributed by atoms with Gasteiger partial charge in [0.15, 0.2) is 11.9 Å². The van der Waals surface area contributed by atoms with Crippen molar-refractivity contribution >= 4 is 97.6 Å². The molecule has 4 aromatic rings. The third kappa shape index (κ3) is 19.7. The van der Waals surface area contributed by atoms with Crippen molar-refractivity contribution in [2.75, 3.05) is 24.6 Å². The highest BCUT2D eigenvalue weighted by Gasteiger charge is 2.35. The molecule has 0 saturated carbocycles. The Labute approximate surface area is 457 Å². The topological polar surface area (TPSA) is 449 Å². The molecule has 9 amide bonds. The summed E-state index contributed by atoms with van der Waals surface area (Å²) < 4.78 is 0. The Morgan fingerprint density at radius 3 is 1.92 bits per heavy atom. The summed E-state index contributed by atoms with van der Waals surface area (Å²) in [6.45, 7) is 2.74. The number of nitrogens with one attached hydrogen (secondary N) is 10.